The normalized spacial score (nSPS) is 13.1. The number of aryl methyl sites for hydroxylation is 1. The van der Waals surface area contributed by atoms with Crippen LogP contribution in [0.15, 0.2) is 41.4 Å². The van der Waals surface area contributed by atoms with Crippen LogP contribution in [-0.2, 0) is 12.8 Å². The van der Waals surface area contributed by atoms with Crippen LogP contribution in [0.3, 0.4) is 0 Å². The summed E-state index contributed by atoms with van der Waals surface area (Å²) in [4.78, 5) is 19.5. The van der Waals surface area contributed by atoms with Gasteiger partial charge < -0.3 is 24.3 Å². The monoisotopic (exact) mass is 494 g/mol. The van der Waals surface area contributed by atoms with Crippen molar-refractivity contribution in [3.8, 4) is 23.0 Å². The van der Waals surface area contributed by atoms with Crippen LogP contribution in [0.25, 0.3) is 0 Å². The highest BCUT2D eigenvalue weighted by Crippen LogP contribution is 2.40. The van der Waals surface area contributed by atoms with Crippen LogP contribution in [0.5, 0.6) is 23.0 Å². The lowest BCUT2D eigenvalue weighted by Crippen LogP contribution is -2.13. The van der Waals surface area contributed by atoms with Crippen molar-refractivity contribution >= 4 is 34.1 Å². The minimum atomic E-state index is -0.152. The number of anilines is 1. The Labute approximate surface area is 209 Å². The van der Waals surface area contributed by atoms with E-state index in [-0.39, 0.29) is 5.91 Å². The summed E-state index contributed by atoms with van der Waals surface area (Å²) in [5.41, 5.74) is 3.21. The predicted molar refractivity (Wildman–Crippen MR) is 140 cm³/mol. The van der Waals surface area contributed by atoms with Gasteiger partial charge in [-0.1, -0.05) is 6.42 Å². The number of carbonyl (C=O) groups excluding carboxylic acids is 1. The van der Waals surface area contributed by atoms with Crippen molar-refractivity contribution in [1.29, 1.82) is 0 Å². The molecule has 0 saturated carbocycles. The topological polar surface area (TPSA) is 78.4 Å². The Morgan fingerprint density at radius 3 is 2.26 bits per heavy atom. The van der Waals surface area contributed by atoms with Gasteiger partial charge in [0.15, 0.2) is 11.5 Å². The number of aliphatic imine (C=N–C) groups is 1. The SMILES string of the molecule is COc1ccc(NC(=O)c2c(N=Cc3cc(OC)c(OC)cc3OC)sc3c2CCCCC3)cc1. The summed E-state index contributed by atoms with van der Waals surface area (Å²) < 4.78 is 21.6. The van der Waals surface area contributed by atoms with E-state index >= 15 is 0 Å². The number of hydrogen-bond acceptors (Lipinski definition) is 7. The molecule has 1 N–H and O–H groups in total. The highest BCUT2D eigenvalue weighted by molar-refractivity contribution is 7.16. The maximum absolute atomic E-state index is 13.5. The Bertz CT molecular complexity index is 1220. The van der Waals surface area contributed by atoms with Crippen LogP contribution in [-0.4, -0.2) is 40.6 Å². The quantitative estimate of drug-likeness (QED) is 0.304. The van der Waals surface area contributed by atoms with Crippen molar-refractivity contribution in [2.24, 2.45) is 4.99 Å². The van der Waals surface area contributed by atoms with E-state index in [4.69, 9.17) is 23.9 Å². The third-order valence-electron chi connectivity index (χ3n) is 6.03. The third-order valence-corrected chi connectivity index (χ3v) is 7.23. The standard InChI is InChI=1S/C27H30N2O5S/c1-31-19-12-10-18(11-13-19)29-26(30)25-20-8-6-5-7-9-24(20)35-27(25)28-16-17-14-22(33-3)23(34-4)15-21(17)32-2/h10-16H,5-9H2,1-4H3,(H,29,30). The van der Waals surface area contributed by atoms with Gasteiger partial charge in [-0.2, -0.15) is 0 Å². The first kappa shape index (κ1) is 24.6. The summed E-state index contributed by atoms with van der Waals surface area (Å²) in [6, 6.07) is 10.9. The molecule has 7 nitrogen and oxygen atoms in total. The molecule has 0 atom stereocenters. The molecular weight excluding hydrogens is 464 g/mol. The summed E-state index contributed by atoms with van der Waals surface area (Å²) in [7, 11) is 6.38. The van der Waals surface area contributed by atoms with Crippen molar-refractivity contribution in [2.45, 2.75) is 32.1 Å². The molecule has 0 unspecified atom stereocenters. The van der Waals surface area contributed by atoms with Gasteiger partial charge in [-0.25, -0.2) is 4.99 Å². The molecule has 0 aliphatic heterocycles. The maximum atomic E-state index is 13.5. The molecule has 0 fully saturated rings. The molecule has 1 amide bonds. The third kappa shape index (κ3) is 5.43. The Kier molecular flexibility index (Phi) is 7.92. The number of amides is 1. The molecule has 1 aliphatic carbocycles. The molecule has 0 saturated heterocycles. The van der Waals surface area contributed by atoms with Gasteiger partial charge in [0.2, 0.25) is 0 Å². The fourth-order valence-electron chi connectivity index (χ4n) is 4.20. The largest absolute Gasteiger partial charge is 0.497 e. The smallest absolute Gasteiger partial charge is 0.259 e. The lowest BCUT2D eigenvalue weighted by Gasteiger charge is -2.12. The number of fused-ring (bicyclic) bond motifs is 1. The number of carbonyl (C=O) groups is 1. The minimum Gasteiger partial charge on any atom is -0.497 e. The van der Waals surface area contributed by atoms with Gasteiger partial charge in [0.05, 0.1) is 34.0 Å². The van der Waals surface area contributed by atoms with Gasteiger partial charge in [-0.3, -0.25) is 4.79 Å². The van der Waals surface area contributed by atoms with Gasteiger partial charge in [0.25, 0.3) is 5.91 Å². The van der Waals surface area contributed by atoms with Gasteiger partial charge in [0, 0.05) is 28.4 Å². The first-order valence-electron chi connectivity index (χ1n) is 11.5. The number of nitrogens with one attached hydrogen (secondary N) is 1. The summed E-state index contributed by atoms with van der Waals surface area (Å²) >= 11 is 1.60. The second kappa shape index (κ2) is 11.3. The number of hydrogen-bond donors (Lipinski definition) is 1. The van der Waals surface area contributed by atoms with Crippen LogP contribution in [0, 0.1) is 0 Å². The van der Waals surface area contributed by atoms with E-state index in [1.54, 1.807) is 52.1 Å². The zero-order chi connectivity index (χ0) is 24.8. The van der Waals surface area contributed by atoms with E-state index in [0.717, 1.165) is 42.6 Å². The van der Waals surface area contributed by atoms with Crippen LogP contribution < -0.4 is 24.3 Å². The Morgan fingerprint density at radius 2 is 1.57 bits per heavy atom. The van der Waals surface area contributed by atoms with Crippen LogP contribution in [0.2, 0.25) is 0 Å². The zero-order valence-electron chi connectivity index (χ0n) is 20.5. The minimum absolute atomic E-state index is 0.152. The van der Waals surface area contributed by atoms with Crippen molar-refractivity contribution in [1.82, 2.24) is 0 Å². The number of thiophene rings is 1. The van der Waals surface area contributed by atoms with E-state index in [0.29, 0.717) is 33.5 Å². The number of rotatable bonds is 8. The summed E-state index contributed by atoms with van der Waals surface area (Å²) in [5, 5.41) is 3.73. The fraction of sp³-hybridized carbons (Fsp3) is 0.333. The number of ether oxygens (including phenoxy) is 4. The molecule has 3 aromatic rings. The first-order chi connectivity index (χ1) is 17.1. The maximum Gasteiger partial charge on any atom is 0.259 e. The van der Waals surface area contributed by atoms with Gasteiger partial charge >= 0.3 is 0 Å². The average molecular weight is 495 g/mol. The number of nitrogens with zero attached hydrogens (tertiary/aromatic N) is 1. The van der Waals surface area contributed by atoms with E-state index in [1.165, 1.54) is 11.3 Å². The molecule has 0 bridgehead atoms. The molecule has 184 valence electrons. The summed E-state index contributed by atoms with van der Waals surface area (Å²) in [5.74, 6) is 2.34. The number of benzene rings is 2. The van der Waals surface area contributed by atoms with Crippen molar-refractivity contribution in [3.63, 3.8) is 0 Å². The second-order valence-electron chi connectivity index (χ2n) is 8.13. The van der Waals surface area contributed by atoms with Crippen molar-refractivity contribution in [2.75, 3.05) is 33.8 Å². The van der Waals surface area contributed by atoms with Gasteiger partial charge in [-0.15, -0.1) is 11.3 Å². The van der Waals surface area contributed by atoms with Gasteiger partial charge in [-0.05, 0) is 61.6 Å². The molecule has 1 aromatic heterocycles. The summed E-state index contributed by atoms with van der Waals surface area (Å²) in [6.07, 6.45) is 6.93. The molecule has 1 heterocycles. The van der Waals surface area contributed by atoms with Crippen LogP contribution in [0.1, 0.15) is 45.6 Å². The molecule has 4 rings (SSSR count). The van der Waals surface area contributed by atoms with Gasteiger partial charge in [0.1, 0.15) is 16.5 Å². The number of methoxy groups -OCH3 is 4. The predicted octanol–water partition coefficient (Wildman–Crippen LogP) is 6.05. The first-order valence-corrected chi connectivity index (χ1v) is 12.3. The highest BCUT2D eigenvalue weighted by Gasteiger charge is 2.25. The zero-order valence-corrected chi connectivity index (χ0v) is 21.3. The Balaban J connectivity index is 1.71. The molecule has 8 heteroatoms. The van der Waals surface area contributed by atoms with E-state index in [1.807, 2.05) is 30.3 Å². The van der Waals surface area contributed by atoms with Crippen LogP contribution in [0.4, 0.5) is 10.7 Å². The van der Waals surface area contributed by atoms with Crippen molar-refractivity contribution < 1.29 is 23.7 Å². The molecule has 0 spiro atoms. The molecule has 2 aromatic carbocycles. The lowest BCUT2D eigenvalue weighted by atomic mass is 10.0. The van der Waals surface area contributed by atoms with Crippen LogP contribution >= 0.6 is 11.3 Å². The highest BCUT2D eigenvalue weighted by atomic mass is 32.1. The average Bonchev–Trinajstić information content (AvgIpc) is 3.08. The lowest BCUT2D eigenvalue weighted by molar-refractivity contribution is 0.102. The van der Waals surface area contributed by atoms with E-state index in [9.17, 15) is 4.79 Å². The second-order valence-corrected chi connectivity index (χ2v) is 9.22. The molecule has 35 heavy (non-hydrogen) atoms. The molecular formula is C27H30N2O5S. The summed E-state index contributed by atoms with van der Waals surface area (Å²) in [6.45, 7) is 0. The van der Waals surface area contributed by atoms with Crippen molar-refractivity contribution in [3.05, 3.63) is 58.0 Å². The Morgan fingerprint density at radius 1 is 0.886 bits per heavy atom. The molecule has 1 aliphatic rings. The fourth-order valence-corrected chi connectivity index (χ4v) is 5.43. The Hall–Kier alpha value is -3.52. The molecule has 0 radical (unpaired) electrons. The van der Waals surface area contributed by atoms with E-state index in [2.05, 4.69) is 5.32 Å². The van der Waals surface area contributed by atoms with E-state index < -0.39 is 0 Å².